The molecule has 3 rings (SSSR count). The van der Waals surface area contributed by atoms with E-state index in [1.807, 2.05) is 51.1 Å². The highest BCUT2D eigenvalue weighted by molar-refractivity contribution is 7.89. The van der Waals surface area contributed by atoms with Gasteiger partial charge in [-0.05, 0) is 56.2 Å². The monoisotopic (exact) mass is 589 g/mol. The minimum atomic E-state index is -3.95. The second-order valence-electron chi connectivity index (χ2n) is 9.71. The molecule has 2 amide bonds. The molecule has 0 saturated carbocycles. The molecule has 3 aromatic carbocycles. The Kier molecular flexibility index (Phi) is 10.6. The molecule has 0 fully saturated rings. The maximum absolute atomic E-state index is 13.8. The van der Waals surface area contributed by atoms with Crippen LogP contribution >= 0.6 is 23.2 Å². The smallest absolute Gasteiger partial charge is 0.243 e. The zero-order valence-electron chi connectivity index (χ0n) is 22.4. The van der Waals surface area contributed by atoms with Gasteiger partial charge < -0.3 is 10.2 Å². The van der Waals surface area contributed by atoms with Crippen LogP contribution in [0.1, 0.15) is 30.5 Å². The normalized spacial score (nSPS) is 12.4. The van der Waals surface area contributed by atoms with Gasteiger partial charge in [0.25, 0.3) is 0 Å². The number of benzene rings is 3. The van der Waals surface area contributed by atoms with Crippen LogP contribution in [0.2, 0.25) is 10.0 Å². The molecule has 39 heavy (non-hydrogen) atoms. The van der Waals surface area contributed by atoms with Crippen molar-refractivity contribution in [2.45, 2.75) is 50.7 Å². The van der Waals surface area contributed by atoms with Gasteiger partial charge in [0, 0.05) is 26.1 Å². The highest BCUT2D eigenvalue weighted by Gasteiger charge is 2.33. The zero-order chi connectivity index (χ0) is 28.7. The summed E-state index contributed by atoms with van der Waals surface area (Å²) < 4.78 is 27.5. The second kappa shape index (κ2) is 13.4. The maximum Gasteiger partial charge on any atom is 0.243 e. The number of amides is 2. The molecule has 0 unspecified atom stereocenters. The van der Waals surface area contributed by atoms with Gasteiger partial charge in [-0.25, -0.2) is 8.42 Å². The van der Waals surface area contributed by atoms with Gasteiger partial charge in [0.15, 0.2) is 0 Å². The first kappa shape index (κ1) is 30.6. The molecule has 0 radical (unpaired) electrons. The van der Waals surface area contributed by atoms with E-state index in [1.165, 1.54) is 24.1 Å². The Morgan fingerprint density at radius 2 is 1.54 bits per heavy atom. The van der Waals surface area contributed by atoms with Gasteiger partial charge in [0.2, 0.25) is 21.8 Å². The van der Waals surface area contributed by atoms with E-state index < -0.39 is 28.5 Å². The lowest BCUT2D eigenvalue weighted by Gasteiger charge is -2.33. The largest absolute Gasteiger partial charge is 0.352 e. The number of hydrogen-bond donors (Lipinski definition) is 1. The fourth-order valence-electron chi connectivity index (χ4n) is 4.03. The number of carbonyl (C=O) groups excluding carboxylic acids is 2. The van der Waals surface area contributed by atoms with Crippen LogP contribution in [0.4, 0.5) is 0 Å². The first-order valence-corrected chi connectivity index (χ1v) is 14.7. The van der Waals surface area contributed by atoms with E-state index in [2.05, 4.69) is 5.32 Å². The molecular formula is C29H33Cl2N3O4S. The van der Waals surface area contributed by atoms with Crippen LogP contribution in [0.15, 0.2) is 77.7 Å². The summed E-state index contributed by atoms with van der Waals surface area (Å²) >= 11 is 12.3. The highest BCUT2D eigenvalue weighted by atomic mass is 35.5. The predicted octanol–water partition coefficient (Wildman–Crippen LogP) is 5.09. The third-order valence-corrected chi connectivity index (χ3v) is 8.68. The first-order valence-electron chi connectivity index (χ1n) is 12.5. The molecule has 0 heterocycles. The van der Waals surface area contributed by atoms with Gasteiger partial charge in [-0.15, -0.1) is 0 Å². The van der Waals surface area contributed by atoms with E-state index in [9.17, 15) is 18.0 Å². The van der Waals surface area contributed by atoms with E-state index in [1.54, 1.807) is 30.3 Å². The van der Waals surface area contributed by atoms with Crippen molar-refractivity contribution in [3.05, 3.63) is 99.5 Å². The van der Waals surface area contributed by atoms with E-state index in [0.29, 0.717) is 15.6 Å². The molecule has 208 valence electrons. The number of aryl methyl sites for hydroxylation is 1. The van der Waals surface area contributed by atoms with Gasteiger partial charge >= 0.3 is 0 Å². The molecule has 0 aliphatic rings. The number of hydrogen-bond acceptors (Lipinski definition) is 4. The fourth-order valence-corrected chi connectivity index (χ4v) is 5.47. The molecule has 0 aliphatic carbocycles. The average molecular weight is 591 g/mol. The molecule has 3 aromatic rings. The van der Waals surface area contributed by atoms with Crippen molar-refractivity contribution in [2.75, 3.05) is 13.6 Å². The third kappa shape index (κ3) is 8.29. The molecule has 0 bridgehead atoms. The summed E-state index contributed by atoms with van der Waals surface area (Å²) in [6.45, 7) is 5.10. The van der Waals surface area contributed by atoms with Crippen molar-refractivity contribution in [3.63, 3.8) is 0 Å². The van der Waals surface area contributed by atoms with Gasteiger partial charge in [-0.3, -0.25) is 9.59 Å². The summed E-state index contributed by atoms with van der Waals surface area (Å²) in [6.07, 6.45) is 0.237. The SMILES string of the molecule is Cc1ccc(S(=O)(=O)N(C)CC(=O)N(Cc2ccc(Cl)c(Cl)c2)[C@H](Cc2ccccc2)C(=O)NC(C)C)cc1. The Labute approximate surface area is 240 Å². The van der Waals surface area contributed by atoms with E-state index in [0.717, 1.165) is 15.4 Å². The lowest BCUT2D eigenvalue weighted by Crippen LogP contribution is -2.53. The summed E-state index contributed by atoms with van der Waals surface area (Å²) in [5, 5.41) is 3.58. The van der Waals surface area contributed by atoms with Gasteiger partial charge in [0.05, 0.1) is 21.5 Å². The zero-order valence-corrected chi connectivity index (χ0v) is 24.7. The summed E-state index contributed by atoms with van der Waals surface area (Å²) in [5.41, 5.74) is 2.42. The van der Waals surface area contributed by atoms with Crippen molar-refractivity contribution in [2.24, 2.45) is 0 Å². The molecule has 0 aliphatic heterocycles. The summed E-state index contributed by atoms with van der Waals surface area (Å²) in [4.78, 5) is 28.8. The summed E-state index contributed by atoms with van der Waals surface area (Å²) in [7, 11) is -2.59. The lowest BCUT2D eigenvalue weighted by molar-refractivity contribution is -0.141. The number of halogens is 2. The Bertz CT molecular complexity index is 1400. The van der Waals surface area contributed by atoms with Crippen molar-refractivity contribution in [1.29, 1.82) is 0 Å². The van der Waals surface area contributed by atoms with E-state index in [4.69, 9.17) is 23.2 Å². The van der Waals surface area contributed by atoms with Crippen molar-refractivity contribution in [1.82, 2.24) is 14.5 Å². The molecule has 0 aromatic heterocycles. The predicted molar refractivity (Wildman–Crippen MR) is 155 cm³/mol. The molecule has 0 spiro atoms. The molecule has 10 heteroatoms. The number of nitrogens with one attached hydrogen (secondary N) is 1. The van der Waals surface area contributed by atoms with Crippen LogP contribution in [-0.2, 0) is 32.6 Å². The Balaban J connectivity index is 1.99. The van der Waals surface area contributed by atoms with Gasteiger partial charge in [-0.2, -0.15) is 4.31 Å². The van der Waals surface area contributed by atoms with Crippen molar-refractivity contribution >= 4 is 45.0 Å². The molecule has 0 saturated heterocycles. The number of sulfonamides is 1. The lowest BCUT2D eigenvalue weighted by atomic mass is 10.0. The first-order chi connectivity index (χ1) is 18.4. The van der Waals surface area contributed by atoms with Crippen LogP contribution in [0.25, 0.3) is 0 Å². The molecular weight excluding hydrogens is 557 g/mol. The Morgan fingerprint density at radius 1 is 0.897 bits per heavy atom. The molecule has 1 atom stereocenters. The van der Waals surface area contributed by atoms with Crippen LogP contribution in [-0.4, -0.2) is 55.1 Å². The quantitative estimate of drug-likeness (QED) is 0.337. The fraction of sp³-hybridized carbons (Fsp3) is 0.310. The van der Waals surface area contributed by atoms with Crippen LogP contribution in [0.5, 0.6) is 0 Å². The van der Waals surface area contributed by atoms with Crippen molar-refractivity contribution < 1.29 is 18.0 Å². The number of carbonyl (C=O) groups is 2. The number of likely N-dealkylation sites (N-methyl/N-ethyl adjacent to an activating group) is 1. The van der Waals surface area contributed by atoms with E-state index in [-0.39, 0.29) is 29.8 Å². The van der Waals surface area contributed by atoms with Crippen LogP contribution < -0.4 is 5.32 Å². The minimum absolute atomic E-state index is 0.0250. The standard InChI is InChI=1S/C29H33Cl2N3O4S/c1-20(2)32-29(36)27(17-22-8-6-5-7-9-22)34(18-23-12-15-25(30)26(31)16-23)28(35)19-33(4)39(37,38)24-13-10-21(3)11-14-24/h5-16,20,27H,17-19H2,1-4H3,(H,32,36)/t27-/m1/s1. The minimum Gasteiger partial charge on any atom is -0.352 e. The average Bonchev–Trinajstić information content (AvgIpc) is 2.88. The Hall–Kier alpha value is -2.91. The number of nitrogens with zero attached hydrogens (tertiary/aromatic N) is 2. The summed E-state index contributed by atoms with van der Waals surface area (Å²) in [5.74, 6) is -0.870. The second-order valence-corrected chi connectivity index (χ2v) is 12.6. The highest BCUT2D eigenvalue weighted by Crippen LogP contribution is 2.25. The third-order valence-electron chi connectivity index (χ3n) is 6.13. The number of rotatable bonds is 11. The molecule has 1 N–H and O–H groups in total. The topological polar surface area (TPSA) is 86.8 Å². The van der Waals surface area contributed by atoms with Gasteiger partial charge in [0.1, 0.15) is 6.04 Å². The Morgan fingerprint density at radius 3 is 2.13 bits per heavy atom. The van der Waals surface area contributed by atoms with E-state index >= 15 is 0 Å². The van der Waals surface area contributed by atoms with Crippen LogP contribution in [0.3, 0.4) is 0 Å². The maximum atomic E-state index is 13.8. The summed E-state index contributed by atoms with van der Waals surface area (Å²) in [6, 6.07) is 19.7. The van der Waals surface area contributed by atoms with Gasteiger partial charge in [-0.1, -0.05) is 77.3 Å². The molecule has 7 nitrogen and oxygen atoms in total. The van der Waals surface area contributed by atoms with Crippen LogP contribution in [0, 0.1) is 6.92 Å². The van der Waals surface area contributed by atoms with Crippen molar-refractivity contribution in [3.8, 4) is 0 Å².